The number of carbonyl (C=O) groups excluding carboxylic acids is 1. The van der Waals surface area contributed by atoms with Gasteiger partial charge >= 0.3 is 0 Å². The van der Waals surface area contributed by atoms with Crippen LogP contribution in [0.4, 0.5) is 0 Å². The molecule has 98 valence electrons. The van der Waals surface area contributed by atoms with E-state index >= 15 is 0 Å². The Morgan fingerprint density at radius 1 is 1.26 bits per heavy atom. The van der Waals surface area contributed by atoms with Crippen molar-refractivity contribution in [2.75, 3.05) is 0 Å². The first kappa shape index (κ1) is 11.9. The second kappa shape index (κ2) is 5.22. The number of rotatable bonds is 4. The highest BCUT2D eigenvalue weighted by atomic mass is 16.5. The summed E-state index contributed by atoms with van der Waals surface area (Å²) in [5.41, 5.74) is 0.556. The number of hydrogen-bond acceptors (Lipinski definition) is 4. The smallest absolute Gasteiger partial charge is 0.171 e. The minimum absolute atomic E-state index is 0.345. The molecule has 19 heavy (non-hydrogen) atoms. The normalized spacial score (nSPS) is 13.9. The predicted molar refractivity (Wildman–Crippen MR) is 69.1 cm³/mol. The van der Waals surface area contributed by atoms with E-state index in [0.717, 1.165) is 37.3 Å². The number of aromatic nitrogens is 3. The highest BCUT2D eigenvalue weighted by Gasteiger charge is 2.16. The van der Waals surface area contributed by atoms with Crippen molar-refractivity contribution in [1.82, 2.24) is 14.8 Å². The summed E-state index contributed by atoms with van der Waals surface area (Å²) in [5.74, 6) is 2.45. The van der Waals surface area contributed by atoms with E-state index in [1.807, 2.05) is 12.1 Å². The standard InChI is InChI=1S/C14H15N3O2/c18-9-11-5-1-2-6-12(11)19-10-14-16-15-13-7-3-4-8-17(13)14/h1-2,5-6,9H,3-4,7-8,10H2. The fourth-order valence-electron chi connectivity index (χ4n) is 2.33. The predicted octanol–water partition coefficient (Wildman–Crippen LogP) is 2.01. The second-order valence-corrected chi connectivity index (χ2v) is 4.59. The summed E-state index contributed by atoms with van der Waals surface area (Å²) in [5, 5.41) is 8.34. The van der Waals surface area contributed by atoms with Crippen molar-refractivity contribution in [3.05, 3.63) is 41.5 Å². The van der Waals surface area contributed by atoms with Crippen LogP contribution in [0.3, 0.4) is 0 Å². The molecule has 5 nitrogen and oxygen atoms in total. The molecule has 0 atom stereocenters. The molecule has 0 radical (unpaired) electrons. The molecular weight excluding hydrogens is 242 g/mol. The molecule has 0 bridgehead atoms. The van der Waals surface area contributed by atoms with E-state index in [1.165, 1.54) is 6.42 Å². The molecule has 3 rings (SSSR count). The van der Waals surface area contributed by atoms with Gasteiger partial charge in [0.25, 0.3) is 0 Å². The van der Waals surface area contributed by atoms with Gasteiger partial charge in [-0.05, 0) is 25.0 Å². The van der Waals surface area contributed by atoms with E-state index in [2.05, 4.69) is 14.8 Å². The lowest BCUT2D eigenvalue weighted by molar-refractivity contribution is 0.111. The topological polar surface area (TPSA) is 57.0 Å². The molecule has 1 aliphatic heterocycles. The van der Waals surface area contributed by atoms with Gasteiger partial charge in [0.15, 0.2) is 12.1 Å². The molecule has 0 saturated carbocycles. The maximum Gasteiger partial charge on any atom is 0.171 e. The van der Waals surface area contributed by atoms with Gasteiger partial charge in [-0.3, -0.25) is 4.79 Å². The van der Waals surface area contributed by atoms with Gasteiger partial charge in [0.1, 0.15) is 18.2 Å². The van der Waals surface area contributed by atoms with E-state index in [-0.39, 0.29) is 0 Å². The van der Waals surface area contributed by atoms with E-state index in [9.17, 15) is 4.79 Å². The largest absolute Gasteiger partial charge is 0.485 e. The molecule has 1 aromatic heterocycles. The third-order valence-electron chi connectivity index (χ3n) is 3.34. The zero-order valence-corrected chi connectivity index (χ0v) is 10.6. The molecular formula is C14H15N3O2. The van der Waals surface area contributed by atoms with Crippen LogP contribution >= 0.6 is 0 Å². The molecule has 0 spiro atoms. The SMILES string of the molecule is O=Cc1ccccc1OCc1nnc2n1CCCC2. The maximum absolute atomic E-state index is 10.9. The van der Waals surface area contributed by atoms with Crippen LogP contribution in [0.15, 0.2) is 24.3 Å². The van der Waals surface area contributed by atoms with Crippen molar-refractivity contribution in [1.29, 1.82) is 0 Å². The zero-order valence-electron chi connectivity index (χ0n) is 10.6. The van der Waals surface area contributed by atoms with Crippen molar-refractivity contribution in [2.45, 2.75) is 32.4 Å². The number of benzene rings is 1. The van der Waals surface area contributed by atoms with Crippen LogP contribution in [0.25, 0.3) is 0 Å². The first-order valence-corrected chi connectivity index (χ1v) is 6.46. The van der Waals surface area contributed by atoms with Crippen molar-refractivity contribution < 1.29 is 9.53 Å². The van der Waals surface area contributed by atoms with Gasteiger partial charge in [0.2, 0.25) is 0 Å². The van der Waals surface area contributed by atoms with Gasteiger partial charge in [-0.1, -0.05) is 12.1 Å². The first-order chi connectivity index (χ1) is 9.38. The summed E-state index contributed by atoms with van der Waals surface area (Å²) < 4.78 is 7.80. The molecule has 0 fully saturated rings. The summed E-state index contributed by atoms with van der Waals surface area (Å²) in [6.07, 6.45) is 4.11. The third kappa shape index (κ3) is 2.36. The molecule has 1 aromatic carbocycles. The van der Waals surface area contributed by atoms with Crippen LogP contribution in [-0.2, 0) is 19.6 Å². The first-order valence-electron chi connectivity index (χ1n) is 6.46. The number of ether oxygens (including phenoxy) is 1. The summed E-state index contributed by atoms with van der Waals surface area (Å²) in [7, 11) is 0. The van der Waals surface area contributed by atoms with Gasteiger partial charge in [-0.25, -0.2) is 0 Å². The molecule has 1 aliphatic rings. The van der Waals surface area contributed by atoms with E-state index < -0.39 is 0 Å². The number of carbonyl (C=O) groups is 1. The lowest BCUT2D eigenvalue weighted by Gasteiger charge is -2.15. The molecule has 0 amide bonds. The summed E-state index contributed by atoms with van der Waals surface area (Å²) >= 11 is 0. The monoisotopic (exact) mass is 257 g/mol. The quantitative estimate of drug-likeness (QED) is 0.786. The number of hydrogen-bond donors (Lipinski definition) is 0. The third-order valence-corrected chi connectivity index (χ3v) is 3.34. The number of fused-ring (bicyclic) bond motifs is 1. The summed E-state index contributed by atoms with van der Waals surface area (Å²) in [6, 6.07) is 7.19. The van der Waals surface area contributed by atoms with Crippen molar-refractivity contribution in [3.63, 3.8) is 0 Å². The molecule has 0 unspecified atom stereocenters. The van der Waals surface area contributed by atoms with Crippen LogP contribution in [0.2, 0.25) is 0 Å². The molecule has 5 heteroatoms. The fourth-order valence-corrected chi connectivity index (χ4v) is 2.33. The van der Waals surface area contributed by atoms with Gasteiger partial charge in [-0.2, -0.15) is 0 Å². The molecule has 2 heterocycles. The van der Waals surface area contributed by atoms with E-state index in [0.29, 0.717) is 17.9 Å². The van der Waals surface area contributed by atoms with Gasteiger partial charge < -0.3 is 9.30 Å². The van der Waals surface area contributed by atoms with Crippen LogP contribution in [-0.4, -0.2) is 21.1 Å². The van der Waals surface area contributed by atoms with E-state index in [4.69, 9.17) is 4.74 Å². The Morgan fingerprint density at radius 3 is 3.05 bits per heavy atom. The van der Waals surface area contributed by atoms with Crippen molar-refractivity contribution in [3.8, 4) is 5.75 Å². The fraction of sp³-hybridized carbons (Fsp3) is 0.357. The minimum atomic E-state index is 0.345. The maximum atomic E-state index is 10.9. The van der Waals surface area contributed by atoms with Crippen LogP contribution in [0.1, 0.15) is 34.8 Å². The molecule has 2 aromatic rings. The van der Waals surface area contributed by atoms with Gasteiger partial charge in [0, 0.05) is 13.0 Å². The Kier molecular flexibility index (Phi) is 3.27. The zero-order chi connectivity index (χ0) is 13.1. The second-order valence-electron chi connectivity index (χ2n) is 4.59. The Bertz CT molecular complexity index is 592. The minimum Gasteiger partial charge on any atom is -0.485 e. The van der Waals surface area contributed by atoms with Gasteiger partial charge in [0.05, 0.1) is 5.56 Å². The van der Waals surface area contributed by atoms with Crippen molar-refractivity contribution in [2.24, 2.45) is 0 Å². The van der Waals surface area contributed by atoms with Crippen molar-refractivity contribution >= 4 is 6.29 Å². The Hall–Kier alpha value is -2.17. The number of aryl methyl sites for hydroxylation is 1. The lowest BCUT2D eigenvalue weighted by atomic mass is 10.2. The highest BCUT2D eigenvalue weighted by Crippen LogP contribution is 2.19. The molecule has 0 aliphatic carbocycles. The van der Waals surface area contributed by atoms with Crippen LogP contribution < -0.4 is 4.74 Å². The molecule has 0 saturated heterocycles. The summed E-state index contributed by atoms with van der Waals surface area (Å²) in [4.78, 5) is 10.9. The Balaban J connectivity index is 1.76. The van der Waals surface area contributed by atoms with E-state index in [1.54, 1.807) is 12.1 Å². The average Bonchev–Trinajstić information content (AvgIpc) is 2.89. The van der Waals surface area contributed by atoms with Crippen LogP contribution in [0.5, 0.6) is 5.75 Å². The molecule has 0 N–H and O–H groups in total. The number of nitrogens with zero attached hydrogens (tertiary/aromatic N) is 3. The number of para-hydroxylation sites is 1. The highest BCUT2D eigenvalue weighted by molar-refractivity contribution is 5.79. The Morgan fingerprint density at radius 2 is 2.16 bits per heavy atom. The van der Waals surface area contributed by atoms with Gasteiger partial charge in [-0.15, -0.1) is 10.2 Å². The number of aldehydes is 1. The Labute approximate surface area is 111 Å². The summed E-state index contributed by atoms with van der Waals surface area (Å²) in [6.45, 7) is 1.30. The van der Waals surface area contributed by atoms with Crippen LogP contribution in [0, 0.1) is 0 Å². The average molecular weight is 257 g/mol. The lowest BCUT2D eigenvalue weighted by Crippen LogP contribution is -2.14.